The molecule has 0 aliphatic heterocycles. The molecule has 1 aliphatic rings. The molecular formula is C9H13F3N2O4. The van der Waals surface area contributed by atoms with Crippen LogP contribution in [0.5, 0.6) is 0 Å². The number of halogens is 3. The third-order valence-corrected chi connectivity index (χ3v) is 2.65. The quantitative estimate of drug-likeness (QED) is 0.678. The Bertz CT molecular complexity index is 341. The topological polar surface area (TPSA) is 87.7 Å². The molecule has 1 saturated carbocycles. The Kier molecular flexibility index (Phi) is 4.05. The van der Waals surface area contributed by atoms with E-state index in [9.17, 15) is 22.8 Å². The number of nitrogens with one attached hydrogen (secondary N) is 2. The van der Waals surface area contributed by atoms with E-state index in [0.29, 0.717) is 0 Å². The maximum atomic E-state index is 12.5. The lowest BCUT2D eigenvalue weighted by molar-refractivity contribution is -0.162. The van der Waals surface area contributed by atoms with Crippen molar-refractivity contribution in [2.24, 2.45) is 0 Å². The number of carboxylic acids is 1. The highest BCUT2D eigenvalue weighted by Crippen LogP contribution is 2.48. The Morgan fingerprint density at radius 3 is 2.33 bits per heavy atom. The van der Waals surface area contributed by atoms with Crippen molar-refractivity contribution >= 4 is 12.0 Å². The van der Waals surface area contributed by atoms with Gasteiger partial charge in [0, 0.05) is 7.11 Å². The average molecular weight is 270 g/mol. The van der Waals surface area contributed by atoms with Crippen LogP contribution in [0, 0.1) is 0 Å². The van der Waals surface area contributed by atoms with E-state index in [2.05, 4.69) is 4.74 Å². The molecule has 1 rings (SSSR count). The summed E-state index contributed by atoms with van der Waals surface area (Å²) in [6.07, 6.45) is -6.14. The Morgan fingerprint density at radius 1 is 1.44 bits per heavy atom. The van der Waals surface area contributed by atoms with Gasteiger partial charge in [-0.05, 0) is 12.8 Å². The molecule has 9 heteroatoms. The van der Waals surface area contributed by atoms with Crippen LogP contribution >= 0.6 is 0 Å². The van der Waals surface area contributed by atoms with Gasteiger partial charge in [-0.1, -0.05) is 0 Å². The normalized spacial score (nSPS) is 18.9. The molecule has 0 aromatic heterocycles. The summed E-state index contributed by atoms with van der Waals surface area (Å²) in [7, 11) is 1.12. The fourth-order valence-corrected chi connectivity index (χ4v) is 1.32. The molecule has 3 N–H and O–H groups in total. The smallest absolute Gasteiger partial charge is 0.411 e. The van der Waals surface area contributed by atoms with E-state index in [1.807, 2.05) is 5.32 Å². The molecule has 18 heavy (non-hydrogen) atoms. The predicted octanol–water partition coefficient (Wildman–Crippen LogP) is 0.480. The van der Waals surface area contributed by atoms with Gasteiger partial charge in [0.15, 0.2) is 6.10 Å². The second kappa shape index (κ2) is 5.01. The molecule has 2 amide bonds. The zero-order valence-electron chi connectivity index (χ0n) is 9.50. The Balaban J connectivity index is 2.41. The van der Waals surface area contributed by atoms with E-state index >= 15 is 0 Å². The van der Waals surface area contributed by atoms with Crippen molar-refractivity contribution in [3.8, 4) is 0 Å². The fraction of sp³-hybridized carbons (Fsp3) is 0.778. The zero-order valence-corrected chi connectivity index (χ0v) is 9.50. The minimum Gasteiger partial charge on any atom is -0.479 e. The van der Waals surface area contributed by atoms with Gasteiger partial charge in [0.2, 0.25) is 0 Å². The molecular weight excluding hydrogens is 257 g/mol. The Labute approximate surface area is 100 Å². The summed E-state index contributed by atoms with van der Waals surface area (Å²) in [5.41, 5.74) is -2.16. The average Bonchev–Trinajstić information content (AvgIpc) is 2.98. The molecule has 1 fully saturated rings. The second-order valence-electron chi connectivity index (χ2n) is 3.98. The molecule has 0 aromatic rings. The number of methoxy groups -OCH3 is 1. The van der Waals surface area contributed by atoms with Crippen LogP contribution in [0.4, 0.5) is 18.0 Å². The highest BCUT2D eigenvalue weighted by molar-refractivity contribution is 5.77. The molecule has 0 bridgehead atoms. The minimum absolute atomic E-state index is 0.170. The third kappa shape index (κ3) is 3.25. The van der Waals surface area contributed by atoms with Crippen molar-refractivity contribution in [3.63, 3.8) is 0 Å². The summed E-state index contributed by atoms with van der Waals surface area (Å²) >= 11 is 0. The molecule has 0 radical (unpaired) electrons. The summed E-state index contributed by atoms with van der Waals surface area (Å²) < 4.78 is 42.0. The van der Waals surface area contributed by atoms with E-state index in [4.69, 9.17) is 5.11 Å². The van der Waals surface area contributed by atoms with Crippen molar-refractivity contribution < 1.29 is 32.6 Å². The number of hydrogen-bond donors (Lipinski definition) is 3. The third-order valence-electron chi connectivity index (χ3n) is 2.65. The molecule has 0 spiro atoms. The maximum absolute atomic E-state index is 12.5. The van der Waals surface area contributed by atoms with Crippen molar-refractivity contribution in [1.82, 2.24) is 10.6 Å². The maximum Gasteiger partial charge on any atom is 0.411 e. The summed E-state index contributed by atoms with van der Waals surface area (Å²) in [6, 6.07) is -1.06. The standard InChI is InChI=1S/C9H13F3N2O4/c1-18-5(6(15)16)4-13-7(17)14-8(2-3-8)9(10,11)12/h5H,2-4H2,1H3,(H,15,16)(H2,13,14,17). The molecule has 0 heterocycles. The van der Waals surface area contributed by atoms with Crippen LogP contribution in [0.2, 0.25) is 0 Å². The summed E-state index contributed by atoms with van der Waals surface area (Å²) in [4.78, 5) is 21.7. The minimum atomic E-state index is -4.50. The van der Waals surface area contributed by atoms with Crippen LogP contribution in [0.1, 0.15) is 12.8 Å². The number of amides is 2. The van der Waals surface area contributed by atoms with Crippen LogP contribution in [0.25, 0.3) is 0 Å². The number of carboxylic acid groups (broad SMARTS) is 1. The summed E-state index contributed by atoms with van der Waals surface area (Å²) in [5.74, 6) is -1.31. The Hall–Kier alpha value is -1.51. The van der Waals surface area contributed by atoms with Crippen molar-refractivity contribution in [3.05, 3.63) is 0 Å². The monoisotopic (exact) mass is 270 g/mol. The molecule has 104 valence electrons. The van der Waals surface area contributed by atoms with Gasteiger partial charge in [0.05, 0.1) is 6.54 Å². The number of ether oxygens (including phenoxy) is 1. The van der Waals surface area contributed by atoms with Gasteiger partial charge < -0.3 is 20.5 Å². The van der Waals surface area contributed by atoms with E-state index in [-0.39, 0.29) is 12.8 Å². The lowest BCUT2D eigenvalue weighted by atomic mass is 10.2. The van der Waals surface area contributed by atoms with Crippen LogP contribution in [-0.4, -0.2) is 48.6 Å². The van der Waals surface area contributed by atoms with Crippen LogP contribution in [-0.2, 0) is 9.53 Å². The van der Waals surface area contributed by atoms with E-state index in [0.717, 1.165) is 7.11 Å². The molecule has 6 nitrogen and oxygen atoms in total. The van der Waals surface area contributed by atoms with E-state index < -0.39 is 36.4 Å². The number of carbonyl (C=O) groups excluding carboxylic acids is 1. The molecule has 1 atom stereocenters. The molecule has 1 unspecified atom stereocenters. The highest BCUT2D eigenvalue weighted by atomic mass is 19.4. The van der Waals surface area contributed by atoms with Gasteiger partial charge in [-0.3, -0.25) is 0 Å². The molecule has 1 aliphatic carbocycles. The zero-order chi connectivity index (χ0) is 14.0. The first-order valence-corrected chi connectivity index (χ1v) is 5.10. The van der Waals surface area contributed by atoms with E-state index in [1.54, 1.807) is 5.32 Å². The molecule has 0 aromatic carbocycles. The number of urea groups is 1. The van der Waals surface area contributed by atoms with E-state index in [1.165, 1.54) is 0 Å². The number of aliphatic carboxylic acids is 1. The largest absolute Gasteiger partial charge is 0.479 e. The number of hydrogen-bond acceptors (Lipinski definition) is 3. The van der Waals surface area contributed by atoms with Gasteiger partial charge in [-0.2, -0.15) is 13.2 Å². The van der Waals surface area contributed by atoms with Crippen LogP contribution < -0.4 is 10.6 Å². The fourth-order valence-electron chi connectivity index (χ4n) is 1.32. The predicted molar refractivity (Wildman–Crippen MR) is 53.0 cm³/mol. The first-order chi connectivity index (χ1) is 8.22. The van der Waals surface area contributed by atoms with Crippen LogP contribution in [0.15, 0.2) is 0 Å². The Morgan fingerprint density at radius 2 is 2.00 bits per heavy atom. The van der Waals surface area contributed by atoms with Gasteiger partial charge in [-0.25, -0.2) is 9.59 Å². The highest BCUT2D eigenvalue weighted by Gasteiger charge is 2.64. The van der Waals surface area contributed by atoms with Crippen molar-refractivity contribution in [2.75, 3.05) is 13.7 Å². The van der Waals surface area contributed by atoms with Crippen LogP contribution in [0.3, 0.4) is 0 Å². The SMILES string of the molecule is COC(CNC(=O)NC1(C(F)(F)F)CC1)C(=O)O. The number of alkyl halides is 3. The summed E-state index contributed by atoms with van der Waals surface area (Å²) in [5, 5.41) is 12.4. The lowest BCUT2D eigenvalue weighted by Crippen LogP contribution is -2.53. The number of carbonyl (C=O) groups is 2. The second-order valence-corrected chi connectivity index (χ2v) is 3.98. The lowest BCUT2D eigenvalue weighted by Gasteiger charge is -2.21. The van der Waals surface area contributed by atoms with Gasteiger partial charge in [0.25, 0.3) is 0 Å². The van der Waals surface area contributed by atoms with Crippen molar-refractivity contribution in [2.45, 2.75) is 30.7 Å². The summed E-state index contributed by atoms with van der Waals surface area (Å²) in [6.45, 7) is -0.411. The molecule has 0 saturated heterocycles. The van der Waals surface area contributed by atoms with Gasteiger partial charge in [0.1, 0.15) is 5.54 Å². The number of rotatable bonds is 5. The first-order valence-electron chi connectivity index (χ1n) is 5.10. The van der Waals surface area contributed by atoms with Gasteiger partial charge >= 0.3 is 18.2 Å². The van der Waals surface area contributed by atoms with Gasteiger partial charge in [-0.15, -0.1) is 0 Å². The first kappa shape index (κ1) is 14.6. The van der Waals surface area contributed by atoms with Crippen molar-refractivity contribution in [1.29, 1.82) is 0 Å².